The second-order valence-corrected chi connectivity index (χ2v) is 37.7. The largest absolute Gasteiger partial charge is 0.394 e. The van der Waals surface area contributed by atoms with Gasteiger partial charge in [0.05, 0.1) is 76.6 Å². The van der Waals surface area contributed by atoms with Crippen LogP contribution in [0.25, 0.3) is 0 Å². The lowest BCUT2D eigenvalue weighted by molar-refractivity contribution is -0.303. The first-order chi connectivity index (χ1) is 64.8. The van der Waals surface area contributed by atoms with E-state index in [4.69, 9.17) is 33.2 Å². The van der Waals surface area contributed by atoms with Gasteiger partial charge in [-0.3, -0.25) is 19.2 Å². The SMILES string of the molecule is CCCCCCCCCCCCCC[C@@H](O)[C@@H](O)[C@H](CO[C@H]1OC(CO)[C@H](O)[C@H](O)C1O)NC(=O)CCCCCCCCCCCNC(=O)c1cccc(F)c1.CCCCCCCCCCCCCC[C@@H](OCc1ccccc1)[C@@H](OCc1ccccc1)[C@H](CO[C@H]1OC(COCc2ccccc2)[C@H](C)[C@H](C)C1C)NC(=O)CCCCCCCCCCCNC(=O)c1cccc(F)c1. The van der Waals surface area contributed by atoms with Gasteiger partial charge in [0.15, 0.2) is 12.6 Å². The van der Waals surface area contributed by atoms with E-state index in [-0.39, 0.29) is 67.3 Å². The van der Waals surface area contributed by atoms with Crippen molar-refractivity contribution in [1.29, 1.82) is 0 Å². The zero-order valence-electron chi connectivity index (χ0n) is 81.8. The van der Waals surface area contributed by atoms with Gasteiger partial charge in [0, 0.05) is 43.0 Å². The van der Waals surface area contributed by atoms with Gasteiger partial charge >= 0.3 is 0 Å². The van der Waals surface area contributed by atoms with Gasteiger partial charge in [-0.1, -0.05) is 382 Å². The summed E-state index contributed by atoms with van der Waals surface area (Å²) in [6, 6.07) is 40.8. The normalized spacial score (nSPS) is 19.8. The van der Waals surface area contributed by atoms with Crippen LogP contribution in [0.15, 0.2) is 140 Å². The zero-order valence-corrected chi connectivity index (χ0v) is 81.8. The first-order valence-corrected chi connectivity index (χ1v) is 51.9. The summed E-state index contributed by atoms with van der Waals surface area (Å²) in [5.74, 6) is -0.954. The van der Waals surface area contributed by atoms with Crippen LogP contribution in [0.1, 0.15) is 367 Å². The Bertz CT molecular complexity index is 3730. The zero-order chi connectivity index (χ0) is 95.5. The molecule has 5 aromatic carbocycles. The third kappa shape index (κ3) is 50.0. The summed E-state index contributed by atoms with van der Waals surface area (Å²) in [5, 5.41) is 74.2. The molecule has 2 fully saturated rings. The Morgan fingerprint density at radius 2 is 0.767 bits per heavy atom. The Kier molecular flexibility index (Phi) is 62.8. The highest BCUT2D eigenvalue weighted by molar-refractivity contribution is 5.94. The van der Waals surface area contributed by atoms with E-state index < -0.39 is 85.6 Å². The van der Waals surface area contributed by atoms with Gasteiger partial charge in [0.1, 0.15) is 48.3 Å². The molecule has 5 aromatic rings. The summed E-state index contributed by atoms with van der Waals surface area (Å²) in [4.78, 5) is 51.6. The standard InChI is InChI=1S/C67H99FN2O7.C43H75FN2O10/c1-5-6-7-8-9-10-11-12-14-17-20-32-44-62(74-49-57-38-28-24-29-39-57)65(75-50-58-40-30-25-31-41-58)61(51-76-67-55(4)53(2)54(3)63(77-67)52-73-48-56-36-26-23-27-37-56)70-64(71)45-33-21-18-15-13-16-19-22-34-46-69-66(72)59-42-35-43-60(68)47-59;1-2-3-4-5-6-7-8-9-11-14-17-20-26-35(48)38(50)34(31-55-43-41(53)40(52)39(51)36(30-47)56-43)46-37(49)27-21-18-15-12-10-13-16-19-22-28-45-42(54)32-24-23-25-33(44)29-32/h23-31,35-43,47,53-55,61-63,65,67H,5-22,32-34,44-46,48-52H2,1-4H3,(H,69,72)(H,70,71);23-25,29,34-36,38-41,43,47-48,50-53H,2-22,26-28,30-31H2,1H3,(H,45,54)(H,46,49)/t53-,54+,55?,61-,62+,63?,65-,67-;34-,35+,36?,38-,39-,40-,41?,43-/m00/s1. The maximum atomic E-state index is 14.2. The van der Waals surface area contributed by atoms with Crippen molar-refractivity contribution in [2.24, 2.45) is 17.8 Å². The van der Waals surface area contributed by atoms with Crippen LogP contribution in [0.5, 0.6) is 0 Å². The molecule has 0 aromatic heterocycles. The smallest absolute Gasteiger partial charge is 0.251 e. The molecule has 4 amide bonds. The number of nitrogens with one attached hydrogen (secondary N) is 4. The molecule has 0 spiro atoms. The Labute approximate surface area is 798 Å². The fourth-order valence-corrected chi connectivity index (χ4v) is 17.7. The van der Waals surface area contributed by atoms with Crippen LogP contribution < -0.4 is 21.3 Å². The number of ether oxygens (including phenoxy) is 7. The lowest BCUT2D eigenvalue weighted by Gasteiger charge is -2.44. The molecule has 7 rings (SSSR count). The van der Waals surface area contributed by atoms with Gasteiger partial charge in [-0.05, 0) is 103 Å². The molecule has 2 aliphatic rings. The Balaban J connectivity index is 0.000000431. The molecule has 0 bridgehead atoms. The Morgan fingerprint density at radius 3 is 1.20 bits per heavy atom. The van der Waals surface area contributed by atoms with Crippen molar-refractivity contribution < 1.29 is 91.8 Å². The van der Waals surface area contributed by atoms with Crippen molar-refractivity contribution in [3.8, 4) is 0 Å². The number of rotatable bonds is 75. The highest BCUT2D eigenvalue weighted by Gasteiger charge is 2.46. The van der Waals surface area contributed by atoms with Crippen LogP contribution in [-0.4, -0.2) is 173 Å². The van der Waals surface area contributed by atoms with Gasteiger partial charge < -0.3 is 85.1 Å². The highest BCUT2D eigenvalue weighted by Crippen LogP contribution is 2.37. The van der Waals surface area contributed by atoms with E-state index in [1.165, 1.54) is 146 Å². The van der Waals surface area contributed by atoms with Crippen LogP contribution in [0, 0.1) is 29.4 Å². The van der Waals surface area contributed by atoms with Crippen LogP contribution in [0.3, 0.4) is 0 Å². The van der Waals surface area contributed by atoms with Crippen LogP contribution >= 0.6 is 0 Å². The summed E-state index contributed by atoms with van der Waals surface area (Å²) in [7, 11) is 0. The number of amides is 4. The van der Waals surface area contributed by atoms with Gasteiger partial charge in [0.25, 0.3) is 11.8 Å². The molecule has 16 atom stereocenters. The van der Waals surface area contributed by atoms with Crippen LogP contribution in [0.2, 0.25) is 0 Å². The minimum absolute atomic E-state index is 0.00429. The molecular weight excluding hydrogens is 1690 g/mol. The van der Waals surface area contributed by atoms with E-state index in [0.29, 0.717) is 75.8 Å². The minimum atomic E-state index is -1.63. The van der Waals surface area contributed by atoms with Gasteiger partial charge in [-0.15, -0.1) is 0 Å². The average Bonchev–Trinajstić information content (AvgIpc) is 0.814. The molecule has 133 heavy (non-hydrogen) atoms. The first-order valence-electron chi connectivity index (χ1n) is 51.9. The van der Waals surface area contributed by atoms with Crippen molar-refractivity contribution in [2.75, 3.05) is 39.5 Å². The van der Waals surface area contributed by atoms with E-state index in [1.54, 1.807) is 18.2 Å². The molecule has 21 nitrogen and oxygen atoms in total. The third-order valence-corrected chi connectivity index (χ3v) is 26.6. The van der Waals surface area contributed by atoms with Crippen molar-refractivity contribution in [2.45, 2.75) is 429 Å². The lowest BCUT2D eigenvalue weighted by atomic mass is 9.79. The molecule has 2 saturated heterocycles. The summed E-state index contributed by atoms with van der Waals surface area (Å²) in [6.07, 6.45) is 37.7. The highest BCUT2D eigenvalue weighted by atomic mass is 19.1. The quantitative estimate of drug-likeness (QED) is 0.0162. The average molecular weight is 1860 g/mol. The number of hydrogen-bond acceptors (Lipinski definition) is 17. The molecule has 0 saturated carbocycles. The summed E-state index contributed by atoms with van der Waals surface area (Å²) < 4.78 is 71.9. The topological polar surface area (TPSA) is 302 Å². The van der Waals surface area contributed by atoms with E-state index in [9.17, 15) is 58.6 Å². The number of benzene rings is 5. The molecular formula is C110H174F2N4O17. The molecule has 750 valence electrons. The maximum absolute atomic E-state index is 14.2. The second-order valence-electron chi connectivity index (χ2n) is 37.7. The lowest BCUT2D eigenvalue weighted by Crippen LogP contribution is -2.60. The maximum Gasteiger partial charge on any atom is 0.251 e. The number of carbonyl (C=O) groups is 4. The molecule has 2 aliphatic heterocycles. The molecule has 0 aliphatic carbocycles. The van der Waals surface area contributed by atoms with Gasteiger partial charge in [0.2, 0.25) is 11.8 Å². The van der Waals surface area contributed by atoms with E-state index in [2.05, 4.69) is 104 Å². The van der Waals surface area contributed by atoms with E-state index in [0.717, 1.165) is 171 Å². The fraction of sp³-hybridized carbons (Fsp3) is 0.691. The van der Waals surface area contributed by atoms with Crippen LogP contribution in [0.4, 0.5) is 8.78 Å². The van der Waals surface area contributed by atoms with Crippen molar-refractivity contribution in [3.05, 3.63) is 179 Å². The van der Waals surface area contributed by atoms with E-state index >= 15 is 0 Å². The number of unbranched alkanes of at least 4 members (excludes halogenated alkanes) is 38. The molecule has 23 heteroatoms. The molecule has 4 unspecified atom stereocenters. The van der Waals surface area contributed by atoms with Crippen molar-refractivity contribution >= 4 is 23.6 Å². The summed E-state index contributed by atoms with van der Waals surface area (Å²) in [6.45, 7) is 13.4. The Hall–Kier alpha value is -6.68. The number of aliphatic hydroxyl groups is 6. The second kappa shape index (κ2) is 72.6. The summed E-state index contributed by atoms with van der Waals surface area (Å²) >= 11 is 0. The van der Waals surface area contributed by atoms with Gasteiger partial charge in [-0.2, -0.15) is 0 Å². The molecule has 10 N–H and O–H groups in total. The number of aliphatic hydroxyl groups excluding tert-OH is 6. The molecule has 2 heterocycles. The predicted molar refractivity (Wildman–Crippen MR) is 525 cm³/mol. The number of hydrogen-bond donors (Lipinski definition) is 10. The predicted octanol–water partition coefficient (Wildman–Crippen LogP) is 21.6. The molecule has 0 radical (unpaired) electrons. The van der Waals surface area contributed by atoms with Gasteiger partial charge in [-0.25, -0.2) is 8.78 Å². The Morgan fingerprint density at radius 1 is 0.391 bits per heavy atom. The fourth-order valence-electron chi connectivity index (χ4n) is 17.7. The van der Waals surface area contributed by atoms with Crippen molar-refractivity contribution in [3.63, 3.8) is 0 Å². The van der Waals surface area contributed by atoms with Crippen LogP contribution in [-0.2, 0) is 62.6 Å². The third-order valence-electron chi connectivity index (χ3n) is 26.6. The monoisotopic (exact) mass is 1860 g/mol. The number of halogens is 2. The minimum Gasteiger partial charge on any atom is -0.394 e. The van der Waals surface area contributed by atoms with E-state index in [1.807, 2.05) is 42.5 Å². The first kappa shape index (κ1) is 115. The summed E-state index contributed by atoms with van der Waals surface area (Å²) in [5.41, 5.74) is 3.96. The number of carbonyl (C=O) groups excluding carboxylic acids is 4. The van der Waals surface area contributed by atoms with Crippen molar-refractivity contribution in [1.82, 2.24) is 21.3 Å².